The third-order valence-electron chi connectivity index (χ3n) is 3.89. The maximum atomic E-state index is 13.1. The van der Waals surface area contributed by atoms with Gasteiger partial charge in [-0.3, -0.25) is 0 Å². The van der Waals surface area contributed by atoms with E-state index in [4.69, 9.17) is 14.2 Å². The van der Waals surface area contributed by atoms with E-state index in [0.717, 1.165) is 5.69 Å². The number of benzene rings is 2. The second-order valence-electron chi connectivity index (χ2n) is 5.86. The molecule has 0 aliphatic carbocycles. The van der Waals surface area contributed by atoms with Gasteiger partial charge in [-0.2, -0.15) is 0 Å². The van der Waals surface area contributed by atoms with Gasteiger partial charge in [0.1, 0.15) is 23.3 Å². The SMILES string of the molecule is COc1cc(Nc2cc(Nc3ccc(F)cc3)nc(C)n2)cc(OC)c1OC. The molecule has 3 rings (SSSR count). The normalized spacial score (nSPS) is 10.3. The van der Waals surface area contributed by atoms with E-state index in [1.165, 1.54) is 12.1 Å². The first-order valence-electron chi connectivity index (χ1n) is 8.47. The lowest BCUT2D eigenvalue weighted by atomic mass is 10.2. The van der Waals surface area contributed by atoms with E-state index < -0.39 is 0 Å². The lowest BCUT2D eigenvalue weighted by Crippen LogP contribution is -2.02. The largest absolute Gasteiger partial charge is 0.493 e. The number of aromatic nitrogens is 2. The van der Waals surface area contributed by atoms with Crippen LogP contribution in [0.4, 0.5) is 27.4 Å². The molecule has 0 aliphatic heterocycles. The molecule has 3 aromatic rings. The van der Waals surface area contributed by atoms with Gasteiger partial charge in [-0.15, -0.1) is 0 Å². The number of nitrogens with one attached hydrogen (secondary N) is 2. The first kappa shape index (κ1) is 19.2. The lowest BCUT2D eigenvalue weighted by Gasteiger charge is -2.15. The lowest BCUT2D eigenvalue weighted by molar-refractivity contribution is 0.324. The molecule has 0 radical (unpaired) electrons. The Kier molecular flexibility index (Phi) is 5.78. The van der Waals surface area contributed by atoms with Crippen LogP contribution < -0.4 is 24.8 Å². The fourth-order valence-corrected chi connectivity index (χ4v) is 2.68. The number of methoxy groups -OCH3 is 3. The molecule has 0 bridgehead atoms. The van der Waals surface area contributed by atoms with Crippen LogP contribution in [0.25, 0.3) is 0 Å². The van der Waals surface area contributed by atoms with Crippen LogP contribution in [0.2, 0.25) is 0 Å². The highest BCUT2D eigenvalue weighted by Crippen LogP contribution is 2.40. The summed E-state index contributed by atoms with van der Waals surface area (Å²) in [4.78, 5) is 8.77. The Balaban J connectivity index is 1.88. The summed E-state index contributed by atoms with van der Waals surface area (Å²) in [6.45, 7) is 1.79. The van der Waals surface area contributed by atoms with Crippen molar-refractivity contribution in [3.05, 3.63) is 54.1 Å². The molecule has 7 nitrogen and oxygen atoms in total. The van der Waals surface area contributed by atoms with Gasteiger partial charge in [0.2, 0.25) is 5.75 Å². The van der Waals surface area contributed by atoms with Gasteiger partial charge >= 0.3 is 0 Å². The number of hydrogen-bond donors (Lipinski definition) is 2. The van der Waals surface area contributed by atoms with Gasteiger partial charge in [-0.25, -0.2) is 14.4 Å². The predicted molar refractivity (Wildman–Crippen MR) is 106 cm³/mol. The number of anilines is 4. The van der Waals surface area contributed by atoms with Crippen LogP contribution in [-0.2, 0) is 0 Å². The summed E-state index contributed by atoms with van der Waals surface area (Å²) < 4.78 is 29.2. The Morgan fingerprint density at radius 3 is 1.79 bits per heavy atom. The monoisotopic (exact) mass is 384 g/mol. The van der Waals surface area contributed by atoms with E-state index >= 15 is 0 Å². The highest BCUT2D eigenvalue weighted by Gasteiger charge is 2.14. The van der Waals surface area contributed by atoms with Gasteiger partial charge in [-0.05, 0) is 31.2 Å². The minimum atomic E-state index is -0.297. The molecule has 2 N–H and O–H groups in total. The zero-order valence-electron chi connectivity index (χ0n) is 16.0. The molecule has 0 atom stereocenters. The van der Waals surface area contributed by atoms with Crippen molar-refractivity contribution in [3.63, 3.8) is 0 Å². The van der Waals surface area contributed by atoms with Crippen molar-refractivity contribution >= 4 is 23.0 Å². The molecule has 0 aliphatic rings. The Labute approximate surface area is 162 Å². The third-order valence-corrected chi connectivity index (χ3v) is 3.89. The number of hydrogen-bond acceptors (Lipinski definition) is 7. The zero-order valence-corrected chi connectivity index (χ0v) is 16.0. The zero-order chi connectivity index (χ0) is 20.1. The number of nitrogens with zero attached hydrogens (tertiary/aromatic N) is 2. The average Bonchev–Trinajstić information content (AvgIpc) is 2.68. The Bertz CT molecular complexity index is 939. The molecule has 0 unspecified atom stereocenters. The first-order valence-corrected chi connectivity index (χ1v) is 8.47. The standard InChI is InChI=1S/C20H21FN4O3/c1-12-22-18(24-14-7-5-13(21)6-8-14)11-19(23-12)25-15-9-16(26-2)20(28-4)17(10-15)27-3/h5-11H,1-4H3,(H2,22,23,24,25). The fourth-order valence-electron chi connectivity index (χ4n) is 2.68. The second-order valence-corrected chi connectivity index (χ2v) is 5.86. The van der Waals surface area contributed by atoms with Crippen LogP contribution in [-0.4, -0.2) is 31.3 Å². The van der Waals surface area contributed by atoms with Crippen LogP contribution in [0, 0.1) is 12.7 Å². The predicted octanol–water partition coefficient (Wildman–Crippen LogP) is 4.44. The third kappa shape index (κ3) is 4.40. The number of rotatable bonds is 7. The van der Waals surface area contributed by atoms with E-state index in [-0.39, 0.29) is 5.82 Å². The van der Waals surface area contributed by atoms with Gasteiger partial charge in [0, 0.05) is 29.6 Å². The van der Waals surface area contributed by atoms with Crippen molar-refractivity contribution in [2.45, 2.75) is 6.92 Å². The Morgan fingerprint density at radius 1 is 0.750 bits per heavy atom. The van der Waals surface area contributed by atoms with Crippen molar-refractivity contribution in [2.75, 3.05) is 32.0 Å². The molecule has 0 saturated heterocycles. The van der Waals surface area contributed by atoms with Crippen molar-refractivity contribution < 1.29 is 18.6 Å². The van der Waals surface area contributed by atoms with Crippen LogP contribution in [0.15, 0.2) is 42.5 Å². The quantitative estimate of drug-likeness (QED) is 0.624. The van der Waals surface area contributed by atoms with Gasteiger partial charge in [0.15, 0.2) is 11.5 Å². The number of ether oxygens (including phenoxy) is 3. The Hall–Kier alpha value is -3.55. The van der Waals surface area contributed by atoms with Crippen LogP contribution in [0.1, 0.15) is 5.82 Å². The molecule has 0 saturated carbocycles. The molecule has 28 heavy (non-hydrogen) atoms. The van der Waals surface area contributed by atoms with Crippen molar-refractivity contribution in [1.29, 1.82) is 0 Å². The van der Waals surface area contributed by atoms with Crippen molar-refractivity contribution in [2.24, 2.45) is 0 Å². The molecule has 146 valence electrons. The highest BCUT2D eigenvalue weighted by atomic mass is 19.1. The van der Waals surface area contributed by atoms with E-state index in [9.17, 15) is 4.39 Å². The van der Waals surface area contributed by atoms with Crippen LogP contribution >= 0.6 is 0 Å². The first-order chi connectivity index (χ1) is 13.5. The summed E-state index contributed by atoms with van der Waals surface area (Å²) in [5.41, 5.74) is 1.43. The smallest absolute Gasteiger partial charge is 0.203 e. The fraction of sp³-hybridized carbons (Fsp3) is 0.200. The molecule has 1 heterocycles. The van der Waals surface area contributed by atoms with Gasteiger partial charge in [0.05, 0.1) is 21.3 Å². The molecule has 1 aromatic heterocycles. The number of halogens is 1. The van der Waals surface area contributed by atoms with Crippen LogP contribution in [0.5, 0.6) is 17.2 Å². The molecule has 0 fully saturated rings. The van der Waals surface area contributed by atoms with Gasteiger partial charge < -0.3 is 24.8 Å². The van der Waals surface area contributed by atoms with E-state index in [2.05, 4.69) is 20.6 Å². The minimum Gasteiger partial charge on any atom is -0.493 e. The minimum absolute atomic E-state index is 0.297. The summed E-state index contributed by atoms with van der Waals surface area (Å²) in [5.74, 6) is 2.99. The summed E-state index contributed by atoms with van der Waals surface area (Å²) in [6, 6.07) is 11.4. The maximum absolute atomic E-state index is 13.1. The topological polar surface area (TPSA) is 77.5 Å². The highest BCUT2D eigenvalue weighted by molar-refractivity contribution is 5.68. The molecule has 8 heteroatoms. The molecular weight excluding hydrogens is 363 g/mol. The van der Waals surface area contributed by atoms with E-state index in [0.29, 0.717) is 40.4 Å². The second kappa shape index (κ2) is 8.43. The summed E-state index contributed by atoms with van der Waals surface area (Å²) in [7, 11) is 4.66. The van der Waals surface area contributed by atoms with Gasteiger partial charge in [-0.1, -0.05) is 0 Å². The summed E-state index contributed by atoms with van der Waals surface area (Å²) in [5, 5.41) is 6.35. The van der Waals surface area contributed by atoms with Gasteiger partial charge in [0.25, 0.3) is 0 Å². The van der Waals surface area contributed by atoms with E-state index in [1.54, 1.807) is 58.6 Å². The molecule has 0 amide bonds. The molecule has 0 spiro atoms. The average molecular weight is 384 g/mol. The number of aryl methyl sites for hydroxylation is 1. The van der Waals surface area contributed by atoms with Crippen LogP contribution in [0.3, 0.4) is 0 Å². The summed E-state index contributed by atoms with van der Waals surface area (Å²) >= 11 is 0. The summed E-state index contributed by atoms with van der Waals surface area (Å²) in [6.07, 6.45) is 0. The van der Waals surface area contributed by atoms with Crippen molar-refractivity contribution in [3.8, 4) is 17.2 Å². The molecule has 2 aromatic carbocycles. The van der Waals surface area contributed by atoms with E-state index in [1.807, 2.05) is 0 Å². The van der Waals surface area contributed by atoms with Crippen molar-refractivity contribution in [1.82, 2.24) is 9.97 Å². The molecular formula is C20H21FN4O3. The Morgan fingerprint density at radius 2 is 1.29 bits per heavy atom. The maximum Gasteiger partial charge on any atom is 0.203 e.